The second kappa shape index (κ2) is 13.7. The Morgan fingerprint density at radius 1 is 1.06 bits per heavy atom. The number of esters is 1. The van der Waals surface area contributed by atoms with E-state index in [9.17, 15) is 15.0 Å². The normalized spacial score (nSPS) is 13.3. The van der Waals surface area contributed by atoms with Gasteiger partial charge >= 0.3 is 5.97 Å². The fourth-order valence-electron chi connectivity index (χ4n) is 3.45. The van der Waals surface area contributed by atoms with Crippen molar-refractivity contribution in [2.45, 2.75) is 70.5 Å². The second-order valence-electron chi connectivity index (χ2n) is 7.87. The number of carbonyl (C=O) groups is 1. The molecular weight excluding hydrogens is 390 g/mol. The number of aliphatic hydroxyl groups excluding tert-OH is 2. The molecule has 2 atom stereocenters. The third-order valence-electron chi connectivity index (χ3n) is 5.27. The molecule has 2 N–H and O–H groups in total. The maximum Gasteiger partial charge on any atom is 0.337 e. The number of hydrogen-bond acceptors (Lipinski definition) is 5. The molecule has 1 aromatic heterocycles. The number of aromatic nitrogens is 1. The SMILES string of the molecule is CCCCCCCCC(O)/C=C/c1cccc(CC(O)c2cccc(C(=O)OC)c2)n1. The Labute approximate surface area is 185 Å². The Balaban J connectivity index is 1.88. The lowest BCUT2D eigenvalue weighted by atomic mass is 10.0. The van der Waals surface area contributed by atoms with Crippen molar-refractivity contribution in [2.24, 2.45) is 0 Å². The van der Waals surface area contributed by atoms with Crippen LogP contribution in [0.5, 0.6) is 0 Å². The highest BCUT2D eigenvalue weighted by Crippen LogP contribution is 2.19. The lowest BCUT2D eigenvalue weighted by Gasteiger charge is -2.12. The summed E-state index contributed by atoms with van der Waals surface area (Å²) in [6.45, 7) is 2.21. The van der Waals surface area contributed by atoms with Crippen LogP contribution in [0.1, 0.15) is 85.3 Å². The van der Waals surface area contributed by atoms with Gasteiger partial charge in [0.25, 0.3) is 0 Å². The number of rotatable bonds is 13. The molecule has 5 nitrogen and oxygen atoms in total. The van der Waals surface area contributed by atoms with Crippen LogP contribution in [0, 0.1) is 0 Å². The predicted octanol–water partition coefficient (Wildman–Crippen LogP) is 5.27. The van der Waals surface area contributed by atoms with Crippen molar-refractivity contribution in [3.8, 4) is 0 Å². The number of hydrogen-bond donors (Lipinski definition) is 2. The molecule has 2 aromatic rings. The molecule has 2 rings (SSSR count). The van der Waals surface area contributed by atoms with E-state index in [1.807, 2.05) is 24.3 Å². The minimum Gasteiger partial charge on any atom is -0.465 e. The summed E-state index contributed by atoms with van der Waals surface area (Å²) in [5.74, 6) is -0.432. The summed E-state index contributed by atoms with van der Waals surface area (Å²) in [6.07, 6.45) is 10.7. The van der Waals surface area contributed by atoms with Crippen LogP contribution in [0.4, 0.5) is 0 Å². The highest BCUT2D eigenvalue weighted by atomic mass is 16.5. The molecule has 0 bridgehead atoms. The number of unbranched alkanes of at least 4 members (excludes halogenated alkanes) is 5. The van der Waals surface area contributed by atoms with Gasteiger partial charge in [-0.25, -0.2) is 4.79 Å². The van der Waals surface area contributed by atoms with Crippen molar-refractivity contribution in [1.82, 2.24) is 4.98 Å². The van der Waals surface area contributed by atoms with Crippen molar-refractivity contribution in [2.75, 3.05) is 7.11 Å². The fourth-order valence-corrected chi connectivity index (χ4v) is 3.45. The van der Waals surface area contributed by atoms with E-state index in [4.69, 9.17) is 4.74 Å². The van der Waals surface area contributed by atoms with E-state index in [0.29, 0.717) is 17.5 Å². The van der Waals surface area contributed by atoms with Crippen molar-refractivity contribution >= 4 is 12.0 Å². The zero-order valence-electron chi connectivity index (χ0n) is 18.7. The molecule has 2 unspecified atom stereocenters. The van der Waals surface area contributed by atoms with Gasteiger partial charge in [0.05, 0.1) is 30.6 Å². The summed E-state index contributed by atoms with van der Waals surface area (Å²) in [7, 11) is 1.33. The summed E-state index contributed by atoms with van der Waals surface area (Å²) in [5, 5.41) is 20.8. The number of ether oxygens (including phenoxy) is 1. The van der Waals surface area contributed by atoms with E-state index in [-0.39, 0.29) is 0 Å². The molecule has 0 fully saturated rings. The van der Waals surface area contributed by atoms with Crippen LogP contribution in [0.2, 0.25) is 0 Å². The van der Waals surface area contributed by atoms with Crippen LogP contribution < -0.4 is 0 Å². The van der Waals surface area contributed by atoms with Gasteiger partial charge in [-0.1, -0.05) is 69.7 Å². The largest absolute Gasteiger partial charge is 0.465 e. The van der Waals surface area contributed by atoms with Crippen molar-refractivity contribution in [1.29, 1.82) is 0 Å². The minimum absolute atomic E-state index is 0.326. The van der Waals surface area contributed by atoms with Crippen LogP contribution in [0.15, 0.2) is 48.5 Å². The van der Waals surface area contributed by atoms with E-state index in [1.165, 1.54) is 32.8 Å². The van der Waals surface area contributed by atoms with Crippen molar-refractivity contribution in [3.63, 3.8) is 0 Å². The first-order chi connectivity index (χ1) is 15.0. The average Bonchev–Trinajstić information content (AvgIpc) is 2.79. The molecule has 1 heterocycles. The Bertz CT molecular complexity index is 834. The lowest BCUT2D eigenvalue weighted by molar-refractivity contribution is 0.0600. The first-order valence-electron chi connectivity index (χ1n) is 11.2. The van der Waals surface area contributed by atoms with E-state index < -0.39 is 18.2 Å². The number of pyridine rings is 1. The third-order valence-corrected chi connectivity index (χ3v) is 5.27. The monoisotopic (exact) mass is 425 g/mol. The highest BCUT2D eigenvalue weighted by Gasteiger charge is 2.13. The molecule has 31 heavy (non-hydrogen) atoms. The van der Waals surface area contributed by atoms with Crippen molar-refractivity contribution < 1.29 is 19.7 Å². The Morgan fingerprint density at radius 2 is 1.81 bits per heavy atom. The van der Waals surface area contributed by atoms with Crippen LogP contribution in [0.3, 0.4) is 0 Å². The fraction of sp³-hybridized carbons (Fsp3) is 0.462. The maximum absolute atomic E-state index is 11.7. The number of benzene rings is 1. The summed E-state index contributed by atoms with van der Waals surface area (Å²) in [6, 6.07) is 12.4. The van der Waals surface area contributed by atoms with Crippen LogP contribution >= 0.6 is 0 Å². The molecule has 0 spiro atoms. The van der Waals surface area contributed by atoms with Gasteiger partial charge < -0.3 is 14.9 Å². The third kappa shape index (κ3) is 9.03. The number of carbonyl (C=O) groups excluding carboxylic acids is 1. The Kier molecular flexibility index (Phi) is 11.0. The van der Waals surface area contributed by atoms with Gasteiger partial charge in [-0.2, -0.15) is 0 Å². The Hall–Kier alpha value is -2.50. The molecule has 168 valence electrons. The first kappa shape index (κ1) is 24.8. The average molecular weight is 426 g/mol. The highest BCUT2D eigenvalue weighted by molar-refractivity contribution is 5.89. The molecule has 0 aliphatic carbocycles. The quantitative estimate of drug-likeness (QED) is 0.338. The van der Waals surface area contributed by atoms with E-state index in [2.05, 4.69) is 11.9 Å². The number of methoxy groups -OCH3 is 1. The lowest BCUT2D eigenvalue weighted by Crippen LogP contribution is -2.07. The van der Waals surface area contributed by atoms with Crippen LogP contribution in [0.25, 0.3) is 6.08 Å². The molecule has 0 amide bonds. The summed E-state index contributed by atoms with van der Waals surface area (Å²) in [4.78, 5) is 16.3. The maximum atomic E-state index is 11.7. The van der Waals surface area contributed by atoms with Gasteiger partial charge in [0.15, 0.2) is 0 Å². The van der Waals surface area contributed by atoms with E-state index >= 15 is 0 Å². The van der Waals surface area contributed by atoms with Gasteiger partial charge in [0, 0.05) is 12.1 Å². The standard InChI is InChI=1S/C26H35NO4/c1-3-4-5-6-7-8-15-24(28)17-16-22-13-10-14-23(27-22)19-25(29)20-11-9-12-21(18-20)26(30)31-2/h9-14,16-18,24-25,28-29H,3-8,15,19H2,1-2H3/b17-16+. The summed E-state index contributed by atoms with van der Waals surface area (Å²) < 4.78 is 4.74. The molecular formula is C26H35NO4. The minimum atomic E-state index is -0.783. The Morgan fingerprint density at radius 3 is 2.58 bits per heavy atom. The zero-order valence-corrected chi connectivity index (χ0v) is 18.7. The smallest absolute Gasteiger partial charge is 0.337 e. The number of aliphatic hydroxyl groups is 2. The van der Waals surface area contributed by atoms with Crippen LogP contribution in [-0.2, 0) is 11.2 Å². The molecule has 0 aliphatic rings. The molecule has 1 aromatic carbocycles. The second-order valence-corrected chi connectivity index (χ2v) is 7.87. The summed E-state index contributed by atoms with van der Waals surface area (Å²) in [5.41, 5.74) is 2.53. The van der Waals surface area contributed by atoms with E-state index in [1.54, 1.807) is 30.3 Å². The predicted molar refractivity (Wildman–Crippen MR) is 124 cm³/mol. The van der Waals surface area contributed by atoms with Crippen LogP contribution in [-0.4, -0.2) is 34.4 Å². The zero-order chi connectivity index (χ0) is 22.5. The number of nitrogens with zero attached hydrogens (tertiary/aromatic N) is 1. The van der Waals surface area contributed by atoms with Gasteiger partial charge in [0.1, 0.15) is 0 Å². The molecule has 5 heteroatoms. The summed E-state index contributed by atoms with van der Waals surface area (Å²) >= 11 is 0. The van der Waals surface area contributed by atoms with E-state index in [0.717, 1.165) is 30.7 Å². The van der Waals surface area contributed by atoms with Gasteiger partial charge in [0.2, 0.25) is 0 Å². The van der Waals surface area contributed by atoms with Gasteiger partial charge in [-0.3, -0.25) is 4.98 Å². The van der Waals surface area contributed by atoms with Gasteiger partial charge in [-0.15, -0.1) is 0 Å². The molecule has 0 saturated heterocycles. The van der Waals surface area contributed by atoms with Crippen molar-refractivity contribution in [3.05, 3.63) is 71.1 Å². The topological polar surface area (TPSA) is 79.7 Å². The molecule has 0 aliphatic heterocycles. The van der Waals surface area contributed by atoms with Gasteiger partial charge in [-0.05, 0) is 42.3 Å². The molecule has 0 radical (unpaired) electrons. The molecule has 0 saturated carbocycles. The first-order valence-corrected chi connectivity index (χ1v) is 11.2.